The topological polar surface area (TPSA) is 126 Å². The number of carbonyl (C=O) groups is 2. The molecule has 0 bridgehead atoms. The van der Waals surface area contributed by atoms with Crippen molar-refractivity contribution in [3.8, 4) is 0 Å². The van der Waals surface area contributed by atoms with E-state index in [1.165, 1.54) is 18.2 Å². The maximum absolute atomic E-state index is 13.0. The van der Waals surface area contributed by atoms with Gasteiger partial charge in [0.05, 0.1) is 18.1 Å². The Labute approximate surface area is 185 Å². The van der Waals surface area contributed by atoms with Gasteiger partial charge in [-0.3, -0.25) is 14.9 Å². The normalized spacial score (nSPS) is 20.8. The second-order valence-corrected chi connectivity index (χ2v) is 9.21. The van der Waals surface area contributed by atoms with Gasteiger partial charge in [0.2, 0.25) is 5.91 Å². The minimum Gasteiger partial charge on any atom is -0.462 e. The molecule has 0 radical (unpaired) electrons. The van der Waals surface area contributed by atoms with E-state index in [4.69, 9.17) is 16.3 Å². The van der Waals surface area contributed by atoms with Crippen LogP contribution in [0.2, 0.25) is 5.02 Å². The highest BCUT2D eigenvalue weighted by Gasteiger charge is 2.46. The van der Waals surface area contributed by atoms with E-state index in [2.05, 4.69) is 20.9 Å². The summed E-state index contributed by atoms with van der Waals surface area (Å²) in [7, 11) is -3.98. The molecule has 1 aliphatic heterocycles. The molecule has 166 valence electrons. The van der Waals surface area contributed by atoms with Crippen LogP contribution in [0.4, 0.5) is 11.4 Å². The van der Waals surface area contributed by atoms with Gasteiger partial charge in [-0.25, -0.2) is 18.6 Å². The van der Waals surface area contributed by atoms with Crippen LogP contribution in [0.5, 0.6) is 0 Å². The predicted molar refractivity (Wildman–Crippen MR) is 118 cm³/mol. The van der Waals surface area contributed by atoms with Crippen LogP contribution >= 0.6 is 11.6 Å². The summed E-state index contributed by atoms with van der Waals surface area (Å²) in [6, 6.07) is 12.0. The minimum atomic E-state index is -3.98. The Bertz CT molecular complexity index is 1060. The Morgan fingerprint density at radius 1 is 1.10 bits per heavy atom. The fourth-order valence-electron chi connectivity index (χ4n) is 3.20. The van der Waals surface area contributed by atoms with Gasteiger partial charge >= 0.3 is 5.97 Å². The van der Waals surface area contributed by atoms with Gasteiger partial charge in [-0.05, 0) is 56.3 Å². The van der Waals surface area contributed by atoms with Crippen molar-refractivity contribution in [3.63, 3.8) is 0 Å². The molecule has 3 unspecified atom stereocenters. The fourth-order valence-corrected chi connectivity index (χ4v) is 4.89. The van der Waals surface area contributed by atoms with E-state index in [-0.39, 0.29) is 12.2 Å². The summed E-state index contributed by atoms with van der Waals surface area (Å²) < 4.78 is 33.3. The number of benzene rings is 2. The SMILES string of the molecule is CCOC(=O)c1cccc(NC(=O)C2C(C)NNC2S(=O)(=O)Nc2ccc(Cl)cc2)c1. The molecular weight excluding hydrogens is 444 g/mol. The molecule has 9 nitrogen and oxygen atoms in total. The monoisotopic (exact) mass is 466 g/mol. The predicted octanol–water partition coefficient (Wildman–Crippen LogP) is 2.34. The number of hydrogen-bond acceptors (Lipinski definition) is 7. The number of anilines is 2. The van der Waals surface area contributed by atoms with Gasteiger partial charge < -0.3 is 10.1 Å². The van der Waals surface area contributed by atoms with Crippen LogP contribution in [0.1, 0.15) is 24.2 Å². The number of halogens is 1. The lowest BCUT2D eigenvalue weighted by molar-refractivity contribution is -0.119. The quantitative estimate of drug-likeness (QED) is 0.461. The molecule has 2 aromatic rings. The number of esters is 1. The number of ether oxygens (including phenoxy) is 1. The minimum absolute atomic E-state index is 0.229. The number of hydrogen-bond donors (Lipinski definition) is 4. The number of amides is 1. The Balaban J connectivity index is 1.77. The zero-order chi connectivity index (χ0) is 22.6. The lowest BCUT2D eigenvalue weighted by Crippen LogP contribution is -2.45. The summed E-state index contributed by atoms with van der Waals surface area (Å²) in [5.74, 6) is -1.97. The molecule has 1 saturated heterocycles. The highest BCUT2D eigenvalue weighted by molar-refractivity contribution is 7.93. The molecule has 31 heavy (non-hydrogen) atoms. The van der Waals surface area contributed by atoms with E-state index in [0.29, 0.717) is 16.4 Å². The van der Waals surface area contributed by atoms with Crippen LogP contribution in [0.25, 0.3) is 0 Å². The third-order valence-electron chi connectivity index (χ3n) is 4.70. The van der Waals surface area contributed by atoms with Crippen LogP contribution in [0.15, 0.2) is 48.5 Å². The number of sulfonamides is 1. The lowest BCUT2D eigenvalue weighted by atomic mass is 10.0. The molecule has 0 aliphatic carbocycles. The number of nitrogens with one attached hydrogen (secondary N) is 4. The van der Waals surface area contributed by atoms with Crippen molar-refractivity contribution < 1.29 is 22.7 Å². The largest absolute Gasteiger partial charge is 0.462 e. The summed E-state index contributed by atoms with van der Waals surface area (Å²) >= 11 is 5.84. The van der Waals surface area contributed by atoms with Gasteiger partial charge in [0.25, 0.3) is 10.0 Å². The Hall–Kier alpha value is -2.66. The third kappa shape index (κ3) is 5.53. The summed E-state index contributed by atoms with van der Waals surface area (Å²) in [6.07, 6.45) is 0. The van der Waals surface area contributed by atoms with Gasteiger partial charge in [-0.15, -0.1) is 0 Å². The van der Waals surface area contributed by atoms with Crippen molar-refractivity contribution in [2.24, 2.45) is 5.92 Å². The van der Waals surface area contributed by atoms with Crippen LogP contribution in [-0.2, 0) is 19.6 Å². The zero-order valence-electron chi connectivity index (χ0n) is 16.9. The first-order valence-corrected chi connectivity index (χ1v) is 11.5. The average Bonchev–Trinajstić information content (AvgIpc) is 3.12. The van der Waals surface area contributed by atoms with Crippen molar-refractivity contribution in [3.05, 3.63) is 59.1 Å². The molecule has 0 aromatic heterocycles. The molecule has 1 heterocycles. The maximum atomic E-state index is 13.0. The van der Waals surface area contributed by atoms with Crippen molar-refractivity contribution in [1.82, 2.24) is 10.9 Å². The van der Waals surface area contributed by atoms with Gasteiger partial charge in [0, 0.05) is 22.4 Å². The second kappa shape index (κ2) is 9.65. The maximum Gasteiger partial charge on any atom is 0.338 e. The molecule has 3 rings (SSSR count). The standard InChI is InChI=1S/C20H23ClN4O5S/c1-3-30-20(27)13-5-4-6-16(11-13)22-18(26)17-12(2)23-24-19(17)31(28,29)25-15-9-7-14(21)8-10-15/h4-12,17,19,23-25H,3H2,1-2H3,(H,22,26). The van der Waals surface area contributed by atoms with E-state index in [0.717, 1.165) is 0 Å². The fraction of sp³-hybridized carbons (Fsp3) is 0.300. The third-order valence-corrected chi connectivity index (χ3v) is 6.55. The van der Waals surface area contributed by atoms with E-state index in [1.807, 2.05) is 0 Å². The van der Waals surface area contributed by atoms with Crippen molar-refractivity contribution >= 4 is 44.9 Å². The molecule has 11 heteroatoms. The highest BCUT2D eigenvalue weighted by Crippen LogP contribution is 2.24. The summed E-state index contributed by atoms with van der Waals surface area (Å²) in [5.41, 5.74) is 6.45. The van der Waals surface area contributed by atoms with Gasteiger partial charge in [-0.1, -0.05) is 17.7 Å². The molecule has 3 atom stereocenters. The molecule has 0 spiro atoms. The average molecular weight is 467 g/mol. The Morgan fingerprint density at radius 2 is 1.81 bits per heavy atom. The number of hydrazine groups is 1. The second-order valence-electron chi connectivity index (χ2n) is 6.97. The van der Waals surface area contributed by atoms with Gasteiger partial charge in [0.1, 0.15) is 0 Å². The van der Waals surface area contributed by atoms with Gasteiger partial charge in [-0.2, -0.15) is 0 Å². The zero-order valence-corrected chi connectivity index (χ0v) is 18.5. The number of carbonyl (C=O) groups excluding carboxylic acids is 2. The molecular formula is C20H23ClN4O5S. The highest BCUT2D eigenvalue weighted by atomic mass is 35.5. The van der Waals surface area contributed by atoms with E-state index >= 15 is 0 Å². The first-order chi connectivity index (χ1) is 14.7. The van der Waals surface area contributed by atoms with Crippen molar-refractivity contribution in [1.29, 1.82) is 0 Å². The van der Waals surface area contributed by atoms with E-state index in [1.54, 1.807) is 44.2 Å². The first-order valence-electron chi connectivity index (χ1n) is 9.57. The molecule has 4 N–H and O–H groups in total. The van der Waals surface area contributed by atoms with Crippen LogP contribution in [0, 0.1) is 5.92 Å². The Kier molecular flexibility index (Phi) is 7.16. The lowest BCUT2D eigenvalue weighted by Gasteiger charge is -2.21. The molecule has 0 saturated carbocycles. The van der Waals surface area contributed by atoms with Crippen LogP contribution in [0.3, 0.4) is 0 Å². The van der Waals surface area contributed by atoms with Gasteiger partial charge in [0.15, 0.2) is 5.37 Å². The first kappa shape index (κ1) is 23.0. The van der Waals surface area contributed by atoms with E-state index < -0.39 is 39.2 Å². The molecule has 1 amide bonds. The molecule has 2 aromatic carbocycles. The smallest absolute Gasteiger partial charge is 0.338 e. The summed E-state index contributed by atoms with van der Waals surface area (Å²) in [5, 5.41) is 1.93. The van der Waals surface area contributed by atoms with Crippen LogP contribution < -0.4 is 20.9 Å². The van der Waals surface area contributed by atoms with Crippen molar-refractivity contribution in [2.45, 2.75) is 25.3 Å². The summed E-state index contributed by atoms with van der Waals surface area (Å²) in [4.78, 5) is 24.9. The number of rotatable bonds is 7. The Morgan fingerprint density at radius 3 is 2.48 bits per heavy atom. The van der Waals surface area contributed by atoms with Crippen LogP contribution in [-0.4, -0.2) is 38.3 Å². The molecule has 1 aliphatic rings. The van der Waals surface area contributed by atoms with Crippen molar-refractivity contribution in [2.75, 3.05) is 16.6 Å². The van der Waals surface area contributed by atoms with E-state index in [9.17, 15) is 18.0 Å². The summed E-state index contributed by atoms with van der Waals surface area (Å²) in [6.45, 7) is 3.63. The molecule has 1 fully saturated rings.